The first-order valence-corrected chi connectivity index (χ1v) is 3.19. The first-order valence-electron chi connectivity index (χ1n) is 3.19. The molecule has 0 spiro atoms. The van der Waals surface area contributed by atoms with Gasteiger partial charge in [-0.3, -0.25) is 9.47 Å². The maximum atomic E-state index is 4.16. The number of nitrogens with zero attached hydrogens (tertiary/aromatic N) is 3. The van der Waals surface area contributed by atoms with E-state index >= 15 is 0 Å². The van der Waals surface area contributed by atoms with E-state index < -0.39 is 0 Å². The average molecular weight is 138 g/mol. The molecule has 0 atom stereocenters. The molecule has 1 heterocycles. The third kappa shape index (κ3) is 1.51. The molecule has 0 aliphatic rings. The van der Waals surface area contributed by atoms with E-state index in [0.29, 0.717) is 4.48 Å². The molecule has 0 radical (unpaired) electrons. The summed E-state index contributed by atoms with van der Waals surface area (Å²) in [4.78, 5) is 8.13. The first kappa shape index (κ1) is 7.15. The molecule has 0 unspecified atom stereocenters. The Morgan fingerprint density at radius 2 is 1.90 bits per heavy atom. The fourth-order valence-electron chi connectivity index (χ4n) is 0.638. The zero-order valence-electron chi connectivity index (χ0n) is 6.57. The van der Waals surface area contributed by atoms with Gasteiger partial charge in [-0.15, -0.1) is 0 Å². The van der Waals surface area contributed by atoms with Gasteiger partial charge < -0.3 is 0 Å². The third-order valence-electron chi connectivity index (χ3n) is 1.24. The quantitative estimate of drug-likeness (QED) is 0.533. The van der Waals surface area contributed by atoms with Crippen molar-refractivity contribution in [3.05, 3.63) is 18.6 Å². The van der Waals surface area contributed by atoms with Crippen LogP contribution in [-0.4, -0.2) is 31.1 Å². The third-order valence-corrected chi connectivity index (χ3v) is 1.24. The lowest BCUT2D eigenvalue weighted by atomic mass is 10.5. The minimum Gasteiger partial charge on any atom is -0.281 e. The number of aromatic nitrogens is 2. The lowest BCUT2D eigenvalue weighted by Gasteiger charge is -2.20. The van der Waals surface area contributed by atoms with Crippen molar-refractivity contribution in [3.8, 4) is 0 Å². The van der Waals surface area contributed by atoms with Gasteiger partial charge in [-0.25, -0.2) is 4.98 Å². The largest absolute Gasteiger partial charge is 0.281 e. The molecule has 0 fully saturated rings. The lowest BCUT2D eigenvalue weighted by Crippen LogP contribution is -2.35. The molecule has 54 valence electrons. The van der Waals surface area contributed by atoms with E-state index in [1.807, 2.05) is 0 Å². The van der Waals surface area contributed by atoms with Gasteiger partial charge in [0.1, 0.15) is 6.20 Å². The highest BCUT2D eigenvalue weighted by atomic mass is 15.3. The standard InChI is InChI=1S/C7H12N3/c1-10(2,3)7-6-8-4-5-9-7/h4-6H,1-3H3/q+1. The van der Waals surface area contributed by atoms with Gasteiger partial charge in [-0.1, -0.05) is 0 Å². The molecule has 1 rings (SSSR count). The van der Waals surface area contributed by atoms with Gasteiger partial charge in [-0.05, 0) is 0 Å². The van der Waals surface area contributed by atoms with Crippen LogP contribution in [0.2, 0.25) is 0 Å². The first-order chi connectivity index (χ1) is 4.61. The van der Waals surface area contributed by atoms with Crippen LogP contribution in [0.15, 0.2) is 18.6 Å². The highest BCUT2D eigenvalue weighted by Crippen LogP contribution is 2.08. The summed E-state index contributed by atoms with van der Waals surface area (Å²) in [6.45, 7) is 0. The topological polar surface area (TPSA) is 25.8 Å². The Bertz CT molecular complexity index is 200. The Morgan fingerprint density at radius 3 is 2.20 bits per heavy atom. The summed E-state index contributed by atoms with van der Waals surface area (Å²) in [5.74, 6) is 0.975. The molecule has 0 saturated carbocycles. The van der Waals surface area contributed by atoms with E-state index in [0.717, 1.165) is 5.82 Å². The molecule has 0 amide bonds. The summed E-state index contributed by atoms with van der Waals surface area (Å²) in [6.07, 6.45) is 5.16. The fraction of sp³-hybridized carbons (Fsp3) is 0.429. The number of hydrogen-bond acceptors (Lipinski definition) is 2. The van der Waals surface area contributed by atoms with Gasteiger partial charge in [-0.2, -0.15) is 0 Å². The highest BCUT2D eigenvalue weighted by molar-refractivity contribution is 5.26. The summed E-state index contributed by atoms with van der Waals surface area (Å²) in [6, 6.07) is 0. The lowest BCUT2D eigenvalue weighted by molar-refractivity contribution is 0.471. The second-order valence-electron chi connectivity index (χ2n) is 3.08. The van der Waals surface area contributed by atoms with Crippen LogP contribution in [0.1, 0.15) is 0 Å². The Morgan fingerprint density at radius 1 is 1.20 bits per heavy atom. The van der Waals surface area contributed by atoms with Crippen molar-refractivity contribution in [1.29, 1.82) is 0 Å². The number of hydrogen-bond donors (Lipinski definition) is 0. The van der Waals surface area contributed by atoms with Crippen molar-refractivity contribution in [3.63, 3.8) is 0 Å². The van der Waals surface area contributed by atoms with Crippen LogP contribution in [0.5, 0.6) is 0 Å². The van der Waals surface area contributed by atoms with Crippen LogP contribution in [0, 0.1) is 0 Å². The predicted octanol–water partition coefficient (Wildman–Crippen LogP) is 0.673. The monoisotopic (exact) mass is 138 g/mol. The van der Waals surface area contributed by atoms with Crippen LogP contribution < -0.4 is 4.48 Å². The second kappa shape index (κ2) is 2.34. The van der Waals surface area contributed by atoms with Crippen LogP contribution >= 0.6 is 0 Å². The molecule has 1 aromatic heterocycles. The van der Waals surface area contributed by atoms with Gasteiger partial charge >= 0.3 is 0 Å². The van der Waals surface area contributed by atoms with E-state index in [1.165, 1.54) is 0 Å². The van der Waals surface area contributed by atoms with E-state index in [1.54, 1.807) is 18.6 Å². The Labute approximate surface area is 60.9 Å². The Balaban J connectivity index is 2.97. The van der Waals surface area contributed by atoms with Crippen LogP contribution in [-0.2, 0) is 0 Å². The second-order valence-corrected chi connectivity index (χ2v) is 3.08. The summed E-state index contributed by atoms with van der Waals surface area (Å²) < 4.78 is 0.716. The molecule has 1 aromatic rings. The van der Waals surface area contributed by atoms with Crippen molar-refractivity contribution < 1.29 is 0 Å². The molecule has 3 heteroatoms. The van der Waals surface area contributed by atoms with Crippen LogP contribution in [0.25, 0.3) is 0 Å². The minimum absolute atomic E-state index is 0.716. The molecular formula is C7H12N3+. The van der Waals surface area contributed by atoms with Crippen LogP contribution in [0.4, 0.5) is 5.82 Å². The normalized spacial score (nSPS) is 11.5. The van der Waals surface area contributed by atoms with Crippen LogP contribution in [0.3, 0.4) is 0 Å². The van der Waals surface area contributed by atoms with Crippen molar-refractivity contribution >= 4 is 5.82 Å². The van der Waals surface area contributed by atoms with Gasteiger partial charge in [0.2, 0.25) is 5.82 Å². The smallest absolute Gasteiger partial charge is 0.245 e. The molecule has 0 aliphatic heterocycles. The van der Waals surface area contributed by atoms with Crippen molar-refractivity contribution in [2.75, 3.05) is 21.1 Å². The highest BCUT2D eigenvalue weighted by Gasteiger charge is 2.11. The van der Waals surface area contributed by atoms with Gasteiger partial charge in [0, 0.05) is 6.20 Å². The SMILES string of the molecule is C[N+](C)(C)c1cnccn1. The average Bonchev–Trinajstić information content (AvgIpc) is 1.88. The molecule has 0 aliphatic carbocycles. The van der Waals surface area contributed by atoms with Crippen molar-refractivity contribution in [1.82, 2.24) is 14.5 Å². The summed E-state index contributed by atoms with van der Waals surface area (Å²) in [5, 5.41) is 0. The van der Waals surface area contributed by atoms with Gasteiger partial charge in [0.25, 0.3) is 0 Å². The minimum atomic E-state index is 0.716. The summed E-state index contributed by atoms with van der Waals surface area (Å²) in [5.41, 5.74) is 0. The zero-order chi connectivity index (χ0) is 7.61. The Hall–Kier alpha value is -0.960. The zero-order valence-corrected chi connectivity index (χ0v) is 6.57. The molecule has 3 nitrogen and oxygen atoms in total. The maximum Gasteiger partial charge on any atom is 0.245 e. The van der Waals surface area contributed by atoms with Gasteiger partial charge in [0.15, 0.2) is 0 Å². The van der Waals surface area contributed by atoms with E-state index in [2.05, 4.69) is 31.1 Å². The summed E-state index contributed by atoms with van der Waals surface area (Å²) >= 11 is 0. The molecular weight excluding hydrogens is 126 g/mol. The van der Waals surface area contributed by atoms with E-state index in [4.69, 9.17) is 0 Å². The molecule has 0 aromatic carbocycles. The molecule has 0 saturated heterocycles. The molecule has 0 bridgehead atoms. The van der Waals surface area contributed by atoms with Gasteiger partial charge in [0.05, 0.1) is 27.3 Å². The number of quaternary nitrogens is 1. The maximum absolute atomic E-state index is 4.16. The fourth-order valence-corrected chi connectivity index (χ4v) is 0.638. The number of rotatable bonds is 1. The van der Waals surface area contributed by atoms with E-state index in [9.17, 15) is 0 Å². The molecule has 10 heavy (non-hydrogen) atoms. The van der Waals surface area contributed by atoms with Crippen molar-refractivity contribution in [2.24, 2.45) is 0 Å². The Kier molecular flexibility index (Phi) is 1.68. The summed E-state index contributed by atoms with van der Waals surface area (Å²) in [7, 11) is 6.18. The predicted molar refractivity (Wildman–Crippen MR) is 41.6 cm³/mol. The van der Waals surface area contributed by atoms with E-state index in [-0.39, 0.29) is 0 Å². The molecule has 0 N–H and O–H groups in total. The van der Waals surface area contributed by atoms with Crippen molar-refractivity contribution in [2.45, 2.75) is 0 Å².